The Labute approximate surface area is 107 Å². The standard InChI is InChI=1S/C14H18N2O2/c1-11-12(2)16(10-15-11)8-13(17)9-18-14-6-4-3-5-7-14/h3-7,10,13,17H,8-9H2,1-2H3. The fourth-order valence-corrected chi connectivity index (χ4v) is 1.72. The molecular weight excluding hydrogens is 228 g/mol. The predicted molar refractivity (Wildman–Crippen MR) is 69.6 cm³/mol. The van der Waals surface area contributed by atoms with Gasteiger partial charge < -0.3 is 14.4 Å². The Morgan fingerprint density at radius 2 is 2.00 bits per heavy atom. The predicted octanol–water partition coefficient (Wildman–Crippen LogP) is 1.94. The summed E-state index contributed by atoms with van der Waals surface area (Å²) in [7, 11) is 0. The summed E-state index contributed by atoms with van der Waals surface area (Å²) in [6.07, 6.45) is 1.20. The van der Waals surface area contributed by atoms with Gasteiger partial charge in [-0.3, -0.25) is 0 Å². The Bertz CT molecular complexity index is 494. The highest BCUT2D eigenvalue weighted by Gasteiger charge is 2.09. The molecule has 0 saturated heterocycles. The molecule has 0 aliphatic rings. The Kier molecular flexibility index (Phi) is 3.99. The van der Waals surface area contributed by atoms with Crippen LogP contribution in [-0.4, -0.2) is 27.4 Å². The lowest BCUT2D eigenvalue weighted by atomic mass is 10.3. The van der Waals surface area contributed by atoms with Crippen LogP contribution in [0.15, 0.2) is 36.7 Å². The zero-order valence-corrected chi connectivity index (χ0v) is 10.7. The third-order valence-electron chi connectivity index (χ3n) is 2.94. The molecule has 2 aromatic rings. The molecule has 0 aliphatic heterocycles. The second kappa shape index (κ2) is 5.69. The third kappa shape index (κ3) is 3.11. The van der Waals surface area contributed by atoms with Crippen molar-refractivity contribution < 1.29 is 9.84 Å². The maximum atomic E-state index is 9.92. The number of imidazole rings is 1. The molecule has 1 N–H and O–H groups in total. The fourth-order valence-electron chi connectivity index (χ4n) is 1.72. The van der Waals surface area contributed by atoms with E-state index in [9.17, 15) is 5.11 Å². The van der Waals surface area contributed by atoms with Gasteiger partial charge in [0, 0.05) is 5.69 Å². The summed E-state index contributed by atoms with van der Waals surface area (Å²) in [5.41, 5.74) is 2.07. The van der Waals surface area contributed by atoms with Crippen molar-refractivity contribution in [1.82, 2.24) is 9.55 Å². The number of aliphatic hydroxyl groups excluding tert-OH is 1. The zero-order chi connectivity index (χ0) is 13.0. The second-order valence-corrected chi connectivity index (χ2v) is 4.35. The lowest BCUT2D eigenvalue weighted by molar-refractivity contribution is 0.0920. The average Bonchev–Trinajstić information content (AvgIpc) is 2.70. The van der Waals surface area contributed by atoms with Gasteiger partial charge in [0.25, 0.3) is 0 Å². The monoisotopic (exact) mass is 246 g/mol. The minimum atomic E-state index is -0.544. The van der Waals surface area contributed by atoms with E-state index in [-0.39, 0.29) is 6.61 Å². The maximum absolute atomic E-state index is 9.92. The summed E-state index contributed by atoms with van der Waals surface area (Å²) >= 11 is 0. The summed E-state index contributed by atoms with van der Waals surface area (Å²) < 4.78 is 7.44. The van der Waals surface area contributed by atoms with Gasteiger partial charge in [0.1, 0.15) is 18.5 Å². The minimum absolute atomic E-state index is 0.278. The molecule has 0 saturated carbocycles. The van der Waals surface area contributed by atoms with Gasteiger partial charge in [-0.15, -0.1) is 0 Å². The van der Waals surface area contributed by atoms with Crippen LogP contribution in [0.25, 0.3) is 0 Å². The summed E-state index contributed by atoms with van der Waals surface area (Å²) in [6, 6.07) is 9.50. The topological polar surface area (TPSA) is 47.3 Å². The van der Waals surface area contributed by atoms with Gasteiger partial charge in [0.05, 0.1) is 18.6 Å². The van der Waals surface area contributed by atoms with E-state index in [4.69, 9.17) is 4.74 Å². The van der Waals surface area contributed by atoms with Gasteiger partial charge in [-0.2, -0.15) is 0 Å². The molecule has 1 aromatic carbocycles. The van der Waals surface area contributed by atoms with Crippen LogP contribution in [0, 0.1) is 13.8 Å². The molecule has 1 aromatic heterocycles. The van der Waals surface area contributed by atoms with Gasteiger partial charge in [0.15, 0.2) is 0 Å². The quantitative estimate of drug-likeness (QED) is 0.877. The summed E-state index contributed by atoms with van der Waals surface area (Å²) in [4.78, 5) is 4.20. The smallest absolute Gasteiger partial charge is 0.119 e. The van der Waals surface area contributed by atoms with Crippen LogP contribution in [0.5, 0.6) is 5.75 Å². The number of rotatable bonds is 5. The molecule has 0 aliphatic carbocycles. The average molecular weight is 246 g/mol. The number of ether oxygens (including phenoxy) is 1. The number of aliphatic hydroxyl groups is 1. The number of para-hydroxylation sites is 1. The van der Waals surface area contributed by atoms with Crippen molar-refractivity contribution in [2.24, 2.45) is 0 Å². The van der Waals surface area contributed by atoms with Crippen LogP contribution >= 0.6 is 0 Å². The number of hydrogen-bond donors (Lipinski definition) is 1. The van der Waals surface area contributed by atoms with Crippen molar-refractivity contribution in [2.75, 3.05) is 6.61 Å². The van der Waals surface area contributed by atoms with Crippen molar-refractivity contribution in [2.45, 2.75) is 26.5 Å². The van der Waals surface area contributed by atoms with E-state index in [1.807, 2.05) is 48.7 Å². The van der Waals surface area contributed by atoms with E-state index in [0.717, 1.165) is 17.1 Å². The minimum Gasteiger partial charge on any atom is -0.491 e. The van der Waals surface area contributed by atoms with Crippen LogP contribution in [0.3, 0.4) is 0 Å². The maximum Gasteiger partial charge on any atom is 0.119 e. The summed E-state index contributed by atoms with van der Waals surface area (Å²) in [6.45, 7) is 4.73. The molecule has 0 amide bonds. The highest BCUT2D eigenvalue weighted by atomic mass is 16.5. The Balaban J connectivity index is 1.86. The number of hydrogen-bond acceptors (Lipinski definition) is 3. The first-order valence-electron chi connectivity index (χ1n) is 6.01. The van der Waals surface area contributed by atoms with Crippen molar-refractivity contribution in [3.05, 3.63) is 48.0 Å². The van der Waals surface area contributed by atoms with Crippen molar-refractivity contribution in [3.63, 3.8) is 0 Å². The van der Waals surface area contributed by atoms with Gasteiger partial charge in [-0.25, -0.2) is 4.98 Å². The molecule has 96 valence electrons. The summed E-state index contributed by atoms with van der Waals surface area (Å²) in [5, 5.41) is 9.92. The van der Waals surface area contributed by atoms with Gasteiger partial charge in [-0.05, 0) is 26.0 Å². The first-order chi connectivity index (χ1) is 8.66. The van der Waals surface area contributed by atoms with Crippen LogP contribution in [-0.2, 0) is 6.54 Å². The first kappa shape index (κ1) is 12.6. The molecule has 0 spiro atoms. The van der Waals surface area contributed by atoms with E-state index >= 15 is 0 Å². The number of benzene rings is 1. The van der Waals surface area contributed by atoms with E-state index in [2.05, 4.69) is 4.98 Å². The van der Waals surface area contributed by atoms with E-state index in [1.54, 1.807) is 6.33 Å². The summed E-state index contributed by atoms with van der Waals surface area (Å²) in [5.74, 6) is 0.773. The van der Waals surface area contributed by atoms with E-state index in [1.165, 1.54) is 0 Å². The molecular formula is C14H18N2O2. The molecule has 0 radical (unpaired) electrons. The van der Waals surface area contributed by atoms with Gasteiger partial charge in [-0.1, -0.05) is 18.2 Å². The van der Waals surface area contributed by atoms with Crippen molar-refractivity contribution in [3.8, 4) is 5.75 Å². The highest BCUT2D eigenvalue weighted by molar-refractivity contribution is 5.20. The zero-order valence-electron chi connectivity index (χ0n) is 10.7. The Morgan fingerprint density at radius 3 is 2.61 bits per heavy atom. The first-order valence-corrected chi connectivity index (χ1v) is 6.01. The third-order valence-corrected chi connectivity index (χ3v) is 2.94. The van der Waals surface area contributed by atoms with Crippen LogP contribution < -0.4 is 4.74 Å². The van der Waals surface area contributed by atoms with Crippen LogP contribution in [0.4, 0.5) is 0 Å². The number of nitrogens with zero attached hydrogens (tertiary/aromatic N) is 2. The van der Waals surface area contributed by atoms with Gasteiger partial charge >= 0.3 is 0 Å². The second-order valence-electron chi connectivity index (χ2n) is 4.35. The molecule has 4 nitrogen and oxygen atoms in total. The number of aromatic nitrogens is 2. The highest BCUT2D eigenvalue weighted by Crippen LogP contribution is 2.10. The van der Waals surface area contributed by atoms with Crippen LogP contribution in [0.1, 0.15) is 11.4 Å². The normalized spacial score (nSPS) is 12.4. The fraction of sp³-hybridized carbons (Fsp3) is 0.357. The van der Waals surface area contributed by atoms with Crippen molar-refractivity contribution >= 4 is 0 Å². The Morgan fingerprint density at radius 1 is 1.28 bits per heavy atom. The molecule has 18 heavy (non-hydrogen) atoms. The molecule has 1 atom stereocenters. The van der Waals surface area contributed by atoms with Gasteiger partial charge in [0.2, 0.25) is 0 Å². The largest absolute Gasteiger partial charge is 0.491 e. The lowest BCUT2D eigenvalue weighted by Crippen LogP contribution is -2.23. The molecule has 1 unspecified atom stereocenters. The molecule has 1 heterocycles. The molecule has 2 rings (SSSR count). The number of aryl methyl sites for hydroxylation is 1. The van der Waals surface area contributed by atoms with Crippen LogP contribution in [0.2, 0.25) is 0 Å². The molecule has 0 fully saturated rings. The SMILES string of the molecule is Cc1ncn(CC(O)COc2ccccc2)c1C. The van der Waals surface area contributed by atoms with Crippen molar-refractivity contribution in [1.29, 1.82) is 0 Å². The van der Waals surface area contributed by atoms with E-state index < -0.39 is 6.10 Å². The van der Waals surface area contributed by atoms with E-state index in [0.29, 0.717) is 6.54 Å². The molecule has 0 bridgehead atoms. The Hall–Kier alpha value is -1.81. The lowest BCUT2D eigenvalue weighted by Gasteiger charge is -2.14. The molecule has 4 heteroatoms.